The number of fused-ring (bicyclic) bond motifs is 1. The van der Waals surface area contributed by atoms with E-state index in [9.17, 15) is 9.59 Å². The maximum atomic E-state index is 12.3. The Bertz CT molecular complexity index is 1040. The van der Waals surface area contributed by atoms with Gasteiger partial charge in [-0.05, 0) is 24.3 Å². The van der Waals surface area contributed by atoms with Gasteiger partial charge in [0.1, 0.15) is 11.5 Å². The molecular weight excluding hydrogens is 380 g/mol. The van der Waals surface area contributed by atoms with E-state index < -0.39 is 5.91 Å². The molecule has 0 radical (unpaired) electrons. The second-order valence-corrected chi connectivity index (χ2v) is 6.81. The summed E-state index contributed by atoms with van der Waals surface area (Å²) in [4.78, 5) is 28.6. The molecule has 28 heavy (non-hydrogen) atoms. The molecule has 0 spiro atoms. The highest BCUT2D eigenvalue weighted by molar-refractivity contribution is 7.16. The van der Waals surface area contributed by atoms with Crippen molar-refractivity contribution in [2.75, 3.05) is 20.8 Å². The maximum Gasteiger partial charge on any atom is 0.307 e. The first-order valence-corrected chi connectivity index (χ1v) is 9.42. The summed E-state index contributed by atoms with van der Waals surface area (Å²) in [6.45, 7) is 0.171. The van der Waals surface area contributed by atoms with Gasteiger partial charge in [0.15, 0.2) is 11.4 Å². The minimum atomic E-state index is -0.408. The lowest BCUT2D eigenvalue weighted by molar-refractivity contribution is -0.140. The molecule has 2 aromatic carbocycles. The molecule has 0 aliphatic heterocycles. The normalized spacial score (nSPS) is 11.4. The van der Waals surface area contributed by atoms with Crippen LogP contribution in [0, 0.1) is 0 Å². The fourth-order valence-electron chi connectivity index (χ4n) is 2.58. The number of carbonyl (C=O) groups excluding carboxylic acids is 2. The van der Waals surface area contributed by atoms with Crippen LogP contribution in [0.15, 0.2) is 53.5 Å². The molecule has 3 rings (SSSR count). The number of methoxy groups -OCH3 is 2. The molecule has 0 atom stereocenters. The fraction of sp³-hybridized carbons (Fsp3) is 0.250. The third kappa shape index (κ3) is 4.77. The van der Waals surface area contributed by atoms with E-state index >= 15 is 0 Å². The van der Waals surface area contributed by atoms with Crippen molar-refractivity contribution in [2.45, 2.75) is 13.0 Å². The van der Waals surface area contributed by atoms with E-state index in [0.29, 0.717) is 22.8 Å². The molecule has 0 aliphatic rings. The Morgan fingerprint density at radius 2 is 1.86 bits per heavy atom. The molecule has 0 aliphatic carbocycles. The summed E-state index contributed by atoms with van der Waals surface area (Å²) >= 11 is 1.36. The van der Waals surface area contributed by atoms with Gasteiger partial charge < -0.3 is 18.8 Å². The number of nitrogens with zero attached hydrogens (tertiary/aromatic N) is 2. The Morgan fingerprint density at radius 3 is 2.57 bits per heavy atom. The van der Waals surface area contributed by atoms with Gasteiger partial charge in [-0.2, -0.15) is 4.99 Å². The van der Waals surface area contributed by atoms with Gasteiger partial charge in [-0.1, -0.05) is 29.5 Å². The molecule has 7 nitrogen and oxygen atoms in total. The average molecular weight is 400 g/mol. The standard InChI is InChI=1S/C20H20N2O5S/c1-25-15-8-9-17-16(12-15)22(11-10-19(24)26-2)20(28-17)21-18(23)13-27-14-6-4-3-5-7-14/h3-9,12H,10-11,13H2,1-2H3. The van der Waals surface area contributed by atoms with E-state index in [1.165, 1.54) is 18.4 Å². The molecule has 0 saturated carbocycles. The number of carbonyl (C=O) groups is 2. The van der Waals surface area contributed by atoms with Crippen molar-refractivity contribution in [2.24, 2.45) is 4.99 Å². The van der Waals surface area contributed by atoms with Crippen molar-refractivity contribution in [3.8, 4) is 11.5 Å². The minimum Gasteiger partial charge on any atom is -0.497 e. The van der Waals surface area contributed by atoms with Crippen LogP contribution >= 0.6 is 11.3 Å². The molecule has 0 N–H and O–H groups in total. The number of ether oxygens (including phenoxy) is 3. The zero-order valence-electron chi connectivity index (χ0n) is 15.6. The van der Waals surface area contributed by atoms with Gasteiger partial charge >= 0.3 is 5.97 Å². The Labute approximate surface area is 165 Å². The highest BCUT2D eigenvalue weighted by atomic mass is 32.1. The van der Waals surface area contributed by atoms with E-state index in [1.807, 2.05) is 41.0 Å². The quantitative estimate of drug-likeness (QED) is 0.570. The Hall–Kier alpha value is -3.13. The van der Waals surface area contributed by atoms with Crippen LogP contribution in [0.4, 0.5) is 0 Å². The van der Waals surface area contributed by atoms with Gasteiger partial charge in [0.25, 0.3) is 5.91 Å². The lowest BCUT2D eigenvalue weighted by atomic mass is 10.3. The van der Waals surface area contributed by atoms with Crippen LogP contribution in [0.3, 0.4) is 0 Å². The first-order chi connectivity index (χ1) is 13.6. The molecule has 1 aromatic heterocycles. The van der Waals surface area contributed by atoms with E-state index in [-0.39, 0.29) is 19.0 Å². The topological polar surface area (TPSA) is 79.1 Å². The highest BCUT2D eigenvalue weighted by Gasteiger charge is 2.11. The van der Waals surface area contributed by atoms with Gasteiger partial charge in [0.05, 0.1) is 30.9 Å². The zero-order valence-corrected chi connectivity index (χ0v) is 16.4. The van der Waals surface area contributed by atoms with Crippen molar-refractivity contribution in [1.82, 2.24) is 4.57 Å². The van der Waals surface area contributed by atoms with Crippen LogP contribution in [0.1, 0.15) is 6.42 Å². The predicted octanol–water partition coefficient (Wildman–Crippen LogP) is 2.78. The number of amides is 1. The largest absolute Gasteiger partial charge is 0.497 e. The van der Waals surface area contributed by atoms with Crippen LogP contribution in [0.5, 0.6) is 11.5 Å². The van der Waals surface area contributed by atoms with Crippen molar-refractivity contribution >= 4 is 33.4 Å². The SMILES string of the molecule is COC(=O)CCn1c(=NC(=O)COc2ccccc2)sc2ccc(OC)cc21. The Morgan fingerprint density at radius 1 is 1.07 bits per heavy atom. The van der Waals surface area contributed by atoms with E-state index in [4.69, 9.17) is 14.2 Å². The van der Waals surface area contributed by atoms with Crippen molar-refractivity contribution < 1.29 is 23.8 Å². The number of para-hydroxylation sites is 1. The smallest absolute Gasteiger partial charge is 0.307 e. The van der Waals surface area contributed by atoms with Crippen LogP contribution in [0.2, 0.25) is 0 Å². The third-order valence-corrected chi connectivity index (χ3v) is 5.04. The molecular formula is C20H20N2O5S. The monoisotopic (exact) mass is 400 g/mol. The maximum absolute atomic E-state index is 12.3. The zero-order chi connectivity index (χ0) is 19.9. The van der Waals surface area contributed by atoms with Gasteiger partial charge in [0.2, 0.25) is 0 Å². The van der Waals surface area contributed by atoms with Crippen molar-refractivity contribution in [1.29, 1.82) is 0 Å². The van der Waals surface area contributed by atoms with Gasteiger partial charge in [0, 0.05) is 12.6 Å². The van der Waals surface area contributed by atoms with Gasteiger partial charge in [-0.3, -0.25) is 9.59 Å². The Balaban J connectivity index is 1.90. The number of esters is 1. The van der Waals surface area contributed by atoms with Crippen molar-refractivity contribution in [3.63, 3.8) is 0 Å². The van der Waals surface area contributed by atoms with E-state index in [1.54, 1.807) is 19.2 Å². The highest BCUT2D eigenvalue weighted by Crippen LogP contribution is 2.23. The summed E-state index contributed by atoms with van der Waals surface area (Å²) in [5, 5.41) is 0. The van der Waals surface area contributed by atoms with Crippen LogP contribution in [-0.2, 0) is 20.9 Å². The summed E-state index contributed by atoms with van der Waals surface area (Å²) in [6, 6.07) is 14.7. The molecule has 3 aromatic rings. The molecule has 1 heterocycles. The van der Waals surface area contributed by atoms with Crippen LogP contribution < -0.4 is 14.3 Å². The number of thiazole rings is 1. The summed E-state index contributed by atoms with van der Waals surface area (Å²) < 4.78 is 18.2. The summed E-state index contributed by atoms with van der Waals surface area (Å²) in [5.41, 5.74) is 0.837. The fourth-order valence-corrected chi connectivity index (χ4v) is 3.64. The molecule has 0 bridgehead atoms. The third-order valence-electron chi connectivity index (χ3n) is 3.98. The first-order valence-electron chi connectivity index (χ1n) is 8.60. The number of hydrogen-bond donors (Lipinski definition) is 0. The second kappa shape index (κ2) is 9.18. The summed E-state index contributed by atoms with van der Waals surface area (Å²) in [5.74, 6) is 0.543. The molecule has 146 valence electrons. The lowest BCUT2D eigenvalue weighted by Crippen LogP contribution is -2.21. The number of rotatable bonds is 7. The van der Waals surface area contributed by atoms with Crippen molar-refractivity contribution in [3.05, 3.63) is 53.3 Å². The Kier molecular flexibility index (Phi) is 6.44. The number of hydrogen-bond acceptors (Lipinski definition) is 6. The summed E-state index contributed by atoms with van der Waals surface area (Å²) in [7, 11) is 2.93. The van der Waals surface area contributed by atoms with Crippen LogP contribution in [-0.4, -0.2) is 37.3 Å². The molecule has 0 fully saturated rings. The average Bonchev–Trinajstić information content (AvgIpc) is 3.07. The second-order valence-electron chi connectivity index (χ2n) is 5.80. The number of aromatic nitrogens is 1. The molecule has 8 heteroatoms. The number of benzene rings is 2. The summed E-state index contributed by atoms with van der Waals surface area (Å²) in [6.07, 6.45) is 0.168. The number of aryl methyl sites for hydroxylation is 1. The lowest BCUT2D eigenvalue weighted by Gasteiger charge is -2.06. The van der Waals surface area contributed by atoms with Gasteiger partial charge in [-0.25, -0.2) is 0 Å². The predicted molar refractivity (Wildman–Crippen MR) is 106 cm³/mol. The molecule has 0 saturated heterocycles. The molecule has 0 unspecified atom stereocenters. The van der Waals surface area contributed by atoms with E-state index in [0.717, 1.165) is 10.2 Å². The van der Waals surface area contributed by atoms with E-state index in [2.05, 4.69) is 4.99 Å². The van der Waals surface area contributed by atoms with Gasteiger partial charge in [-0.15, -0.1) is 0 Å². The molecule has 1 amide bonds. The first kappa shape index (κ1) is 19.6. The van der Waals surface area contributed by atoms with Crippen LogP contribution in [0.25, 0.3) is 10.2 Å². The minimum absolute atomic E-state index is 0.168.